The molecule has 0 saturated heterocycles. The molecule has 0 aromatic heterocycles. The predicted octanol–water partition coefficient (Wildman–Crippen LogP) is 4.68. The summed E-state index contributed by atoms with van der Waals surface area (Å²) >= 11 is 9.01. The lowest BCUT2D eigenvalue weighted by atomic mass is 10.0. The first-order chi connectivity index (χ1) is 8.08. The second-order valence-electron chi connectivity index (χ2n) is 3.43. The van der Waals surface area contributed by atoms with Crippen molar-refractivity contribution >= 4 is 33.2 Å². The van der Waals surface area contributed by atoms with Crippen LogP contribution < -0.4 is 0 Å². The molecule has 0 fully saturated rings. The fourth-order valence-electron chi connectivity index (χ4n) is 1.53. The summed E-state index contributed by atoms with van der Waals surface area (Å²) in [5, 5.41) is 11.6. The van der Waals surface area contributed by atoms with E-state index in [4.69, 9.17) is 11.6 Å². The summed E-state index contributed by atoms with van der Waals surface area (Å²) < 4.78 is 0.682. The van der Waals surface area contributed by atoms with Gasteiger partial charge in [-0.05, 0) is 29.8 Å². The number of hydrogen-bond donors (Lipinski definition) is 0. The lowest BCUT2D eigenvalue weighted by Gasteiger charge is -2.03. The van der Waals surface area contributed by atoms with Crippen molar-refractivity contribution in [3.8, 4) is 11.1 Å². The molecule has 0 amide bonds. The Kier molecular flexibility index (Phi) is 3.45. The molecular formula is C12H7BrClNO2. The van der Waals surface area contributed by atoms with Gasteiger partial charge in [0.2, 0.25) is 0 Å². The van der Waals surface area contributed by atoms with Crippen LogP contribution in [0.1, 0.15) is 0 Å². The number of benzene rings is 2. The third-order valence-electron chi connectivity index (χ3n) is 2.31. The molecule has 86 valence electrons. The molecule has 0 spiro atoms. The molecule has 17 heavy (non-hydrogen) atoms. The van der Waals surface area contributed by atoms with Gasteiger partial charge in [0, 0.05) is 15.6 Å². The summed E-state index contributed by atoms with van der Waals surface area (Å²) in [6, 6.07) is 11.9. The van der Waals surface area contributed by atoms with Gasteiger partial charge < -0.3 is 0 Å². The Hall–Kier alpha value is -1.39. The average molecular weight is 313 g/mol. The quantitative estimate of drug-likeness (QED) is 0.597. The molecule has 0 aliphatic heterocycles. The highest BCUT2D eigenvalue weighted by Crippen LogP contribution is 2.32. The van der Waals surface area contributed by atoms with Crippen molar-refractivity contribution in [3.63, 3.8) is 0 Å². The van der Waals surface area contributed by atoms with E-state index in [0.29, 0.717) is 15.1 Å². The van der Waals surface area contributed by atoms with Crippen molar-refractivity contribution in [1.29, 1.82) is 0 Å². The van der Waals surface area contributed by atoms with Crippen molar-refractivity contribution in [2.45, 2.75) is 0 Å². The minimum absolute atomic E-state index is 0.0710. The third kappa shape index (κ3) is 2.65. The van der Waals surface area contributed by atoms with E-state index in [0.717, 1.165) is 5.56 Å². The molecule has 0 bridgehead atoms. The van der Waals surface area contributed by atoms with E-state index in [9.17, 15) is 10.1 Å². The van der Waals surface area contributed by atoms with Gasteiger partial charge in [-0.25, -0.2) is 0 Å². The predicted molar refractivity (Wildman–Crippen MR) is 71.2 cm³/mol. The summed E-state index contributed by atoms with van der Waals surface area (Å²) in [7, 11) is 0. The van der Waals surface area contributed by atoms with Gasteiger partial charge in [0.25, 0.3) is 5.69 Å². The molecule has 2 rings (SSSR count). The van der Waals surface area contributed by atoms with Gasteiger partial charge in [-0.2, -0.15) is 0 Å². The number of nitro groups is 1. The van der Waals surface area contributed by atoms with Crippen LogP contribution in [-0.4, -0.2) is 4.92 Å². The molecular weight excluding hydrogens is 305 g/mol. The lowest BCUT2D eigenvalue weighted by molar-refractivity contribution is -0.384. The lowest BCUT2D eigenvalue weighted by Crippen LogP contribution is -1.91. The fraction of sp³-hybridized carbons (Fsp3) is 0. The summed E-state index contributed by atoms with van der Waals surface area (Å²) in [6.07, 6.45) is 0. The first-order valence-corrected chi connectivity index (χ1v) is 5.95. The maximum atomic E-state index is 11.0. The van der Waals surface area contributed by atoms with Crippen LogP contribution in [0.15, 0.2) is 46.9 Å². The van der Waals surface area contributed by atoms with E-state index in [2.05, 4.69) is 15.9 Å². The Morgan fingerprint density at radius 3 is 2.35 bits per heavy atom. The molecule has 2 aromatic rings. The monoisotopic (exact) mass is 311 g/mol. The molecule has 0 N–H and O–H groups in total. The highest BCUT2D eigenvalue weighted by atomic mass is 79.9. The summed E-state index contributed by atoms with van der Waals surface area (Å²) in [5.41, 5.74) is 1.42. The van der Waals surface area contributed by atoms with Gasteiger partial charge in [0.1, 0.15) is 0 Å². The number of hydrogen-bond acceptors (Lipinski definition) is 2. The third-order valence-corrected chi connectivity index (χ3v) is 3.06. The van der Waals surface area contributed by atoms with Gasteiger partial charge in [-0.3, -0.25) is 10.1 Å². The van der Waals surface area contributed by atoms with Crippen LogP contribution in [0.25, 0.3) is 11.1 Å². The number of nitrogens with zero attached hydrogens (tertiary/aromatic N) is 1. The molecule has 5 heteroatoms. The first kappa shape index (κ1) is 12.1. The Balaban J connectivity index is 2.58. The van der Waals surface area contributed by atoms with Crippen molar-refractivity contribution < 1.29 is 4.92 Å². The average Bonchev–Trinajstić information content (AvgIpc) is 2.30. The Labute approximate surface area is 111 Å². The number of halogens is 2. The topological polar surface area (TPSA) is 43.1 Å². The Bertz CT molecular complexity index is 569. The summed E-state index contributed by atoms with van der Waals surface area (Å²) in [6.45, 7) is 0. The second kappa shape index (κ2) is 4.85. The van der Waals surface area contributed by atoms with Crippen LogP contribution in [0.4, 0.5) is 5.69 Å². The van der Waals surface area contributed by atoms with Crippen LogP contribution in [0, 0.1) is 10.1 Å². The maximum Gasteiger partial charge on any atom is 0.278 e. The van der Waals surface area contributed by atoms with E-state index in [1.54, 1.807) is 36.4 Å². The van der Waals surface area contributed by atoms with Crippen LogP contribution in [0.2, 0.25) is 5.02 Å². The van der Waals surface area contributed by atoms with Crippen molar-refractivity contribution in [2.24, 2.45) is 0 Å². The van der Waals surface area contributed by atoms with Crippen LogP contribution in [-0.2, 0) is 0 Å². The molecule has 0 atom stereocenters. The Morgan fingerprint density at radius 1 is 1.12 bits per heavy atom. The van der Waals surface area contributed by atoms with E-state index < -0.39 is 4.92 Å². The van der Waals surface area contributed by atoms with Gasteiger partial charge in [-0.15, -0.1) is 0 Å². The zero-order valence-corrected chi connectivity index (χ0v) is 10.9. The molecule has 2 aromatic carbocycles. The number of rotatable bonds is 2. The molecule has 0 aliphatic carbocycles. The van der Waals surface area contributed by atoms with Crippen LogP contribution in [0.5, 0.6) is 0 Å². The first-order valence-electron chi connectivity index (χ1n) is 4.78. The second-order valence-corrected chi connectivity index (χ2v) is 4.78. The van der Waals surface area contributed by atoms with Gasteiger partial charge in [0.05, 0.1) is 10.5 Å². The van der Waals surface area contributed by atoms with E-state index in [1.165, 1.54) is 6.07 Å². The van der Waals surface area contributed by atoms with Crippen molar-refractivity contribution in [3.05, 3.63) is 62.1 Å². The number of nitro benzene ring substituents is 1. The maximum absolute atomic E-state index is 11.0. The largest absolute Gasteiger partial charge is 0.278 e. The van der Waals surface area contributed by atoms with Gasteiger partial charge in [0.15, 0.2) is 0 Å². The van der Waals surface area contributed by atoms with E-state index in [1.807, 2.05) is 0 Å². The van der Waals surface area contributed by atoms with Crippen LogP contribution >= 0.6 is 27.5 Å². The minimum atomic E-state index is -0.394. The van der Waals surface area contributed by atoms with E-state index >= 15 is 0 Å². The minimum Gasteiger partial charge on any atom is -0.258 e. The highest BCUT2D eigenvalue weighted by molar-refractivity contribution is 9.10. The SMILES string of the molecule is O=[N+]([O-])c1cc(Br)ccc1-c1ccc(Cl)cc1. The molecule has 3 nitrogen and oxygen atoms in total. The van der Waals surface area contributed by atoms with Crippen molar-refractivity contribution in [2.75, 3.05) is 0 Å². The van der Waals surface area contributed by atoms with Crippen LogP contribution in [0.3, 0.4) is 0 Å². The zero-order valence-electron chi connectivity index (χ0n) is 8.56. The normalized spacial score (nSPS) is 10.2. The summed E-state index contributed by atoms with van der Waals surface area (Å²) in [5.74, 6) is 0. The van der Waals surface area contributed by atoms with Gasteiger partial charge in [-0.1, -0.05) is 39.7 Å². The summed E-state index contributed by atoms with van der Waals surface area (Å²) in [4.78, 5) is 10.6. The van der Waals surface area contributed by atoms with E-state index in [-0.39, 0.29) is 5.69 Å². The van der Waals surface area contributed by atoms with Gasteiger partial charge >= 0.3 is 0 Å². The zero-order chi connectivity index (χ0) is 12.4. The fourth-order valence-corrected chi connectivity index (χ4v) is 2.00. The Morgan fingerprint density at radius 2 is 1.76 bits per heavy atom. The smallest absolute Gasteiger partial charge is 0.258 e. The van der Waals surface area contributed by atoms with Crippen molar-refractivity contribution in [1.82, 2.24) is 0 Å². The molecule has 0 aliphatic rings. The molecule has 0 unspecified atom stereocenters. The molecule has 0 radical (unpaired) electrons. The molecule has 0 heterocycles. The molecule has 0 saturated carbocycles. The standard InChI is InChI=1S/C12H7BrClNO2/c13-9-3-6-11(12(7-9)15(16)17)8-1-4-10(14)5-2-8/h1-7H. The highest BCUT2D eigenvalue weighted by Gasteiger charge is 2.15.